The monoisotopic (exact) mass is 268 g/mol. The maximum Gasteiger partial charge on any atom is 0.248 e. The van der Waals surface area contributed by atoms with Crippen molar-refractivity contribution in [1.82, 2.24) is 10.2 Å². The molecule has 1 heterocycles. The number of carbonyl (C=O) groups excluding carboxylic acids is 2. The number of piperazine rings is 1. The van der Waals surface area contributed by atoms with Crippen LogP contribution in [0.5, 0.6) is 0 Å². The Kier molecular flexibility index (Phi) is 3.60. The van der Waals surface area contributed by atoms with Crippen LogP contribution in [0.25, 0.3) is 0 Å². The Hall–Kier alpha value is -1.10. The molecule has 0 aromatic heterocycles. The second kappa shape index (κ2) is 4.78. The fraction of sp³-hybridized carbons (Fsp3) is 0.857. The molecule has 5 nitrogen and oxygen atoms in total. The van der Waals surface area contributed by atoms with E-state index in [0.717, 1.165) is 19.3 Å². The minimum absolute atomic E-state index is 0.0169. The maximum atomic E-state index is 12.5. The average Bonchev–Trinajstić information content (AvgIpc) is 3.10. The zero-order valence-corrected chi connectivity index (χ0v) is 12.3. The zero-order chi connectivity index (χ0) is 14.3. The summed E-state index contributed by atoms with van der Waals surface area (Å²) in [5, 5.41) is 2.78. The standard InChI is InChI=1S/C14H24N2O3/c1-10-11(17)15-13(2,3)12(18)16(10)9-14(5-6-14)7-8-19-4/h10H,5-9H2,1-4H3,(H,15,17). The van der Waals surface area contributed by atoms with Gasteiger partial charge in [0.25, 0.3) is 0 Å². The van der Waals surface area contributed by atoms with Gasteiger partial charge in [-0.3, -0.25) is 9.59 Å². The number of hydrogen-bond donors (Lipinski definition) is 1. The number of amides is 2. The molecule has 2 aliphatic rings. The molecule has 0 spiro atoms. The molecule has 0 radical (unpaired) electrons. The SMILES string of the molecule is COCCC1(CN2C(=O)C(C)(C)NC(=O)C2C)CC1. The highest BCUT2D eigenvalue weighted by Crippen LogP contribution is 2.50. The van der Waals surface area contributed by atoms with Crippen molar-refractivity contribution in [3.8, 4) is 0 Å². The van der Waals surface area contributed by atoms with Gasteiger partial charge in [0.1, 0.15) is 11.6 Å². The highest BCUT2D eigenvalue weighted by Gasteiger charge is 2.50. The second-order valence-corrected chi connectivity index (χ2v) is 6.47. The van der Waals surface area contributed by atoms with E-state index in [1.807, 2.05) is 0 Å². The summed E-state index contributed by atoms with van der Waals surface area (Å²) in [7, 11) is 1.70. The van der Waals surface area contributed by atoms with Crippen LogP contribution in [0, 0.1) is 5.41 Å². The Morgan fingerprint density at radius 2 is 2.00 bits per heavy atom. The number of nitrogens with zero attached hydrogens (tertiary/aromatic N) is 1. The van der Waals surface area contributed by atoms with E-state index in [0.29, 0.717) is 13.2 Å². The van der Waals surface area contributed by atoms with Gasteiger partial charge < -0.3 is 15.0 Å². The van der Waals surface area contributed by atoms with Crippen molar-refractivity contribution in [2.75, 3.05) is 20.3 Å². The van der Waals surface area contributed by atoms with Crippen molar-refractivity contribution in [2.24, 2.45) is 5.41 Å². The second-order valence-electron chi connectivity index (χ2n) is 6.47. The van der Waals surface area contributed by atoms with Crippen LogP contribution in [0.2, 0.25) is 0 Å². The van der Waals surface area contributed by atoms with Crippen molar-refractivity contribution in [2.45, 2.75) is 51.6 Å². The van der Waals surface area contributed by atoms with Gasteiger partial charge in [-0.1, -0.05) is 0 Å². The molecule has 2 fully saturated rings. The molecule has 2 rings (SSSR count). The smallest absolute Gasteiger partial charge is 0.248 e. The molecule has 1 aliphatic carbocycles. The van der Waals surface area contributed by atoms with Gasteiger partial charge in [0.2, 0.25) is 11.8 Å². The van der Waals surface area contributed by atoms with E-state index in [4.69, 9.17) is 4.74 Å². The van der Waals surface area contributed by atoms with E-state index in [1.165, 1.54) is 0 Å². The van der Waals surface area contributed by atoms with Crippen LogP contribution in [0.1, 0.15) is 40.0 Å². The number of rotatable bonds is 5. The highest BCUT2D eigenvalue weighted by atomic mass is 16.5. The van der Waals surface area contributed by atoms with E-state index in [2.05, 4.69) is 5.32 Å². The van der Waals surface area contributed by atoms with Gasteiger partial charge in [0.05, 0.1) is 0 Å². The summed E-state index contributed by atoms with van der Waals surface area (Å²) in [6.45, 7) is 6.72. The van der Waals surface area contributed by atoms with Gasteiger partial charge in [-0.15, -0.1) is 0 Å². The predicted octanol–water partition coefficient (Wildman–Crippen LogP) is 0.929. The fourth-order valence-corrected chi connectivity index (χ4v) is 2.69. The molecular weight excluding hydrogens is 244 g/mol. The maximum absolute atomic E-state index is 12.5. The first kappa shape index (κ1) is 14.3. The Labute approximate surface area is 114 Å². The molecule has 1 aliphatic heterocycles. The lowest BCUT2D eigenvalue weighted by molar-refractivity contribution is -0.153. The van der Waals surface area contributed by atoms with Crippen LogP contribution in [0.3, 0.4) is 0 Å². The van der Waals surface area contributed by atoms with Crippen molar-refractivity contribution in [1.29, 1.82) is 0 Å². The molecule has 0 bridgehead atoms. The molecule has 108 valence electrons. The number of methoxy groups -OCH3 is 1. The summed E-state index contributed by atoms with van der Waals surface area (Å²) >= 11 is 0. The number of carbonyl (C=O) groups is 2. The van der Waals surface area contributed by atoms with Gasteiger partial charge in [0, 0.05) is 20.3 Å². The minimum Gasteiger partial charge on any atom is -0.385 e. The lowest BCUT2D eigenvalue weighted by Gasteiger charge is -2.43. The summed E-state index contributed by atoms with van der Waals surface area (Å²) in [5.74, 6) is -0.0459. The Balaban J connectivity index is 2.09. The third-order valence-electron chi connectivity index (χ3n) is 4.38. The van der Waals surface area contributed by atoms with Crippen molar-refractivity contribution in [3.63, 3.8) is 0 Å². The van der Waals surface area contributed by atoms with E-state index >= 15 is 0 Å². The van der Waals surface area contributed by atoms with E-state index in [9.17, 15) is 9.59 Å². The van der Waals surface area contributed by atoms with E-state index < -0.39 is 5.54 Å². The third-order valence-corrected chi connectivity index (χ3v) is 4.38. The quantitative estimate of drug-likeness (QED) is 0.807. The van der Waals surface area contributed by atoms with Crippen LogP contribution >= 0.6 is 0 Å². The largest absolute Gasteiger partial charge is 0.385 e. The van der Waals surface area contributed by atoms with Gasteiger partial charge in [-0.05, 0) is 45.4 Å². The first-order chi connectivity index (χ1) is 8.81. The first-order valence-corrected chi connectivity index (χ1v) is 6.93. The summed E-state index contributed by atoms with van der Waals surface area (Å²) < 4.78 is 5.14. The molecule has 1 N–H and O–H groups in total. The van der Waals surface area contributed by atoms with Crippen LogP contribution in [-0.2, 0) is 14.3 Å². The Bertz CT molecular complexity index is 388. The van der Waals surface area contributed by atoms with Crippen LogP contribution in [0.15, 0.2) is 0 Å². The van der Waals surface area contributed by atoms with Gasteiger partial charge in [-0.25, -0.2) is 0 Å². The molecule has 5 heteroatoms. The van der Waals surface area contributed by atoms with Crippen molar-refractivity contribution in [3.05, 3.63) is 0 Å². The lowest BCUT2D eigenvalue weighted by atomic mass is 9.94. The summed E-state index contributed by atoms with van der Waals surface area (Å²) in [6, 6.07) is -0.374. The zero-order valence-electron chi connectivity index (χ0n) is 12.3. The molecule has 1 saturated carbocycles. The van der Waals surface area contributed by atoms with Crippen molar-refractivity contribution < 1.29 is 14.3 Å². The fourth-order valence-electron chi connectivity index (χ4n) is 2.69. The van der Waals surface area contributed by atoms with Gasteiger partial charge in [-0.2, -0.15) is 0 Å². The summed E-state index contributed by atoms with van der Waals surface area (Å²) in [5.41, 5.74) is -0.617. The highest BCUT2D eigenvalue weighted by molar-refractivity contribution is 5.99. The van der Waals surface area contributed by atoms with Crippen LogP contribution < -0.4 is 5.32 Å². The summed E-state index contributed by atoms with van der Waals surface area (Å²) in [4.78, 5) is 26.2. The first-order valence-electron chi connectivity index (χ1n) is 6.93. The average molecular weight is 268 g/mol. The van der Waals surface area contributed by atoms with Crippen LogP contribution in [0.4, 0.5) is 0 Å². The predicted molar refractivity (Wildman–Crippen MR) is 71.6 cm³/mol. The number of hydrogen-bond acceptors (Lipinski definition) is 3. The molecular formula is C14H24N2O3. The van der Waals surface area contributed by atoms with E-state index in [-0.39, 0.29) is 23.3 Å². The normalized spacial score (nSPS) is 28.2. The van der Waals surface area contributed by atoms with E-state index in [1.54, 1.807) is 32.8 Å². The molecule has 0 aromatic carbocycles. The molecule has 2 amide bonds. The molecule has 1 unspecified atom stereocenters. The molecule has 0 aromatic rings. The molecule has 1 saturated heterocycles. The molecule has 1 atom stereocenters. The van der Waals surface area contributed by atoms with Gasteiger partial charge >= 0.3 is 0 Å². The number of nitrogens with one attached hydrogen (secondary N) is 1. The Morgan fingerprint density at radius 1 is 1.37 bits per heavy atom. The van der Waals surface area contributed by atoms with Crippen molar-refractivity contribution >= 4 is 11.8 Å². The number of ether oxygens (including phenoxy) is 1. The lowest BCUT2D eigenvalue weighted by Crippen LogP contribution is -2.68. The van der Waals surface area contributed by atoms with Crippen LogP contribution in [-0.4, -0.2) is 48.6 Å². The third kappa shape index (κ3) is 2.76. The summed E-state index contributed by atoms with van der Waals surface area (Å²) in [6.07, 6.45) is 3.20. The molecule has 19 heavy (non-hydrogen) atoms. The minimum atomic E-state index is -0.791. The topological polar surface area (TPSA) is 58.6 Å². The van der Waals surface area contributed by atoms with Gasteiger partial charge in [0.15, 0.2) is 0 Å². The Morgan fingerprint density at radius 3 is 2.53 bits per heavy atom.